The van der Waals surface area contributed by atoms with Crippen molar-refractivity contribution in [2.45, 2.75) is 19.4 Å². The SMILES string of the molecule is CC1(C)OI(N=[N+]=[N-])c2ccccc21. The third-order valence-corrected chi connectivity index (χ3v) is 6.10. The molecule has 0 atom stereocenters. The van der Waals surface area contributed by atoms with Crippen LogP contribution in [0.4, 0.5) is 0 Å². The number of hydrogen-bond donors (Lipinski definition) is 0. The fourth-order valence-electron chi connectivity index (χ4n) is 1.44. The van der Waals surface area contributed by atoms with Crippen LogP contribution in [0.1, 0.15) is 19.4 Å². The Hall–Kier alpha value is -0.780. The number of rotatable bonds is 1. The molecule has 0 bridgehead atoms. The summed E-state index contributed by atoms with van der Waals surface area (Å²) in [5, 5.41) is 0. The topological polar surface area (TPSA) is 58.0 Å². The van der Waals surface area contributed by atoms with Crippen LogP contribution in [0.3, 0.4) is 0 Å². The van der Waals surface area contributed by atoms with E-state index >= 15 is 0 Å². The first-order valence-corrected chi connectivity index (χ1v) is 7.12. The summed E-state index contributed by atoms with van der Waals surface area (Å²) in [4.78, 5) is 2.85. The quantitative estimate of drug-likeness (QED) is 0.337. The number of nitrogens with zero attached hydrogens (tertiary/aromatic N) is 3. The van der Waals surface area contributed by atoms with Gasteiger partial charge in [-0.1, -0.05) is 0 Å². The van der Waals surface area contributed by atoms with Gasteiger partial charge in [0.25, 0.3) is 0 Å². The first kappa shape index (κ1) is 9.76. The van der Waals surface area contributed by atoms with Gasteiger partial charge in [0.2, 0.25) is 0 Å². The second kappa shape index (κ2) is 3.42. The van der Waals surface area contributed by atoms with Gasteiger partial charge in [-0.3, -0.25) is 0 Å². The van der Waals surface area contributed by atoms with Gasteiger partial charge in [-0.2, -0.15) is 0 Å². The molecule has 4 nitrogen and oxygen atoms in total. The first-order valence-electron chi connectivity index (χ1n) is 4.19. The van der Waals surface area contributed by atoms with E-state index in [9.17, 15) is 0 Å². The molecule has 2 rings (SSSR count). The number of fused-ring (bicyclic) bond motifs is 1. The molecule has 0 aromatic heterocycles. The molecule has 0 saturated carbocycles. The van der Waals surface area contributed by atoms with Crippen molar-refractivity contribution in [3.05, 3.63) is 43.8 Å². The van der Waals surface area contributed by atoms with E-state index < -0.39 is 20.5 Å². The van der Waals surface area contributed by atoms with Gasteiger partial charge in [0, 0.05) is 0 Å². The molecule has 0 amide bonds. The molecule has 1 aromatic rings. The van der Waals surface area contributed by atoms with Crippen LogP contribution in [-0.4, -0.2) is 0 Å². The molecule has 1 heterocycles. The summed E-state index contributed by atoms with van der Waals surface area (Å²) in [5.74, 6) is 0. The van der Waals surface area contributed by atoms with Crippen molar-refractivity contribution >= 4 is 20.5 Å². The van der Waals surface area contributed by atoms with Crippen LogP contribution in [0.2, 0.25) is 0 Å². The maximum absolute atomic E-state index is 8.44. The normalized spacial score (nSPS) is 20.0. The van der Waals surface area contributed by atoms with Crippen molar-refractivity contribution in [1.82, 2.24) is 0 Å². The molecule has 1 aromatic carbocycles. The Bertz CT molecular complexity index is 412. The zero-order chi connectivity index (χ0) is 10.2. The van der Waals surface area contributed by atoms with E-state index in [1.807, 2.05) is 38.1 Å². The van der Waals surface area contributed by atoms with E-state index in [-0.39, 0.29) is 5.60 Å². The predicted molar refractivity (Wildman–Crippen MR) is 62.4 cm³/mol. The van der Waals surface area contributed by atoms with Gasteiger partial charge in [0.15, 0.2) is 0 Å². The molecular formula is C9H10IN3O. The van der Waals surface area contributed by atoms with E-state index in [2.05, 4.69) is 8.24 Å². The van der Waals surface area contributed by atoms with Crippen LogP contribution in [-0.2, 0) is 8.67 Å². The van der Waals surface area contributed by atoms with Crippen LogP contribution in [0.5, 0.6) is 0 Å². The molecular weight excluding hydrogens is 293 g/mol. The standard InChI is InChI=1S/C9H10IN3O/c1-9(2)7-5-3-4-6-8(7)10(14-9)12-13-11/h3-6H,1-2H3. The fraction of sp³-hybridized carbons (Fsp3) is 0.333. The number of azide groups is 1. The maximum atomic E-state index is 8.44. The van der Waals surface area contributed by atoms with Gasteiger partial charge in [-0.05, 0) is 0 Å². The molecule has 0 fully saturated rings. The Morgan fingerprint density at radius 3 is 2.86 bits per heavy atom. The second-order valence-corrected chi connectivity index (χ2v) is 6.81. The van der Waals surface area contributed by atoms with Crippen molar-refractivity contribution < 1.29 is 3.07 Å². The van der Waals surface area contributed by atoms with Crippen LogP contribution in [0, 0.1) is 3.57 Å². The van der Waals surface area contributed by atoms with Crippen LogP contribution < -0.4 is 0 Å². The Morgan fingerprint density at radius 2 is 2.14 bits per heavy atom. The summed E-state index contributed by atoms with van der Waals surface area (Å²) in [6, 6.07) is 7.99. The minimum absolute atomic E-state index is 0.296. The molecule has 0 radical (unpaired) electrons. The molecule has 0 N–H and O–H groups in total. The fourth-order valence-corrected chi connectivity index (χ4v) is 5.30. The monoisotopic (exact) mass is 303 g/mol. The van der Waals surface area contributed by atoms with Crippen molar-refractivity contribution in [2.24, 2.45) is 3.33 Å². The minimum atomic E-state index is -2.08. The van der Waals surface area contributed by atoms with E-state index in [4.69, 9.17) is 8.60 Å². The van der Waals surface area contributed by atoms with Gasteiger partial charge in [-0.25, -0.2) is 0 Å². The van der Waals surface area contributed by atoms with Crippen LogP contribution in [0.25, 0.3) is 10.4 Å². The zero-order valence-electron chi connectivity index (χ0n) is 7.94. The molecule has 0 spiro atoms. The van der Waals surface area contributed by atoms with E-state index in [1.165, 1.54) is 0 Å². The predicted octanol–water partition coefficient (Wildman–Crippen LogP) is 3.77. The summed E-state index contributed by atoms with van der Waals surface area (Å²) in [5.41, 5.74) is 9.31. The van der Waals surface area contributed by atoms with Gasteiger partial charge in [0.05, 0.1) is 0 Å². The Morgan fingerprint density at radius 1 is 1.43 bits per heavy atom. The van der Waals surface area contributed by atoms with Crippen LogP contribution in [0.15, 0.2) is 27.6 Å². The van der Waals surface area contributed by atoms with E-state index in [0.717, 1.165) is 9.13 Å². The Balaban J connectivity index is 2.54. The summed E-state index contributed by atoms with van der Waals surface area (Å²) in [6.07, 6.45) is 0. The van der Waals surface area contributed by atoms with E-state index in [0.29, 0.717) is 0 Å². The third-order valence-electron chi connectivity index (χ3n) is 2.07. The number of benzene rings is 1. The second-order valence-electron chi connectivity index (χ2n) is 3.46. The first-order chi connectivity index (χ1) is 6.65. The van der Waals surface area contributed by atoms with Gasteiger partial charge >= 0.3 is 90.2 Å². The molecule has 0 saturated heterocycles. The average molecular weight is 303 g/mol. The third kappa shape index (κ3) is 1.47. The van der Waals surface area contributed by atoms with Gasteiger partial charge in [-0.15, -0.1) is 0 Å². The molecule has 0 unspecified atom stereocenters. The van der Waals surface area contributed by atoms with Gasteiger partial charge in [0.1, 0.15) is 0 Å². The van der Waals surface area contributed by atoms with Crippen LogP contribution >= 0.6 is 20.5 Å². The van der Waals surface area contributed by atoms with Crippen molar-refractivity contribution in [3.8, 4) is 0 Å². The molecule has 0 aliphatic carbocycles. The van der Waals surface area contributed by atoms with Crippen molar-refractivity contribution in [3.63, 3.8) is 0 Å². The summed E-state index contributed by atoms with van der Waals surface area (Å²) < 4.78 is 10.7. The molecule has 74 valence electrons. The Labute approximate surface area is 90.2 Å². The summed E-state index contributed by atoms with van der Waals surface area (Å²) in [6.45, 7) is 4.02. The molecule has 14 heavy (non-hydrogen) atoms. The summed E-state index contributed by atoms with van der Waals surface area (Å²) >= 11 is -2.08. The van der Waals surface area contributed by atoms with Crippen molar-refractivity contribution in [1.29, 1.82) is 0 Å². The molecule has 1 aliphatic rings. The molecule has 5 heteroatoms. The number of hydrogen-bond acceptors (Lipinski definition) is 2. The number of halogens is 1. The summed E-state index contributed by atoms with van der Waals surface area (Å²) in [7, 11) is 0. The Kier molecular flexibility index (Phi) is 2.38. The van der Waals surface area contributed by atoms with Crippen molar-refractivity contribution in [2.75, 3.05) is 0 Å². The van der Waals surface area contributed by atoms with E-state index in [1.54, 1.807) is 0 Å². The zero-order valence-corrected chi connectivity index (χ0v) is 10.1. The van der Waals surface area contributed by atoms with Gasteiger partial charge < -0.3 is 0 Å². The average Bonchev–Trinajstić information content (AvgIpc) is 2.41. The molecule has 1 aliphatic heterocycles.